The SMILES string of the molecule is O=C(C1CN(C(=O)c2csc(-c3cccs3)n2)c2ccccc2O1)N1CCCCC1. The highest BCUT2D eigenvalue weighted by atomic mass is 32.1. The third-order valence-electron chi connectivity index (χ3n) is 5.42. The molecule has 1 unspecified atom stereocenters. The number of rotatable bonds is 3. The van der Waals surface area contributed by atoms with E-state index in [2.05, 4.69) is 4.98 Å². The Balaban J connectivity index is 1.43. The largest absolute Gasteiger partial charge is 0.476 e. The van der Waals surface area contributed by atoms with Crippen molar-refractivity contribution in [1.82, 2.24) is 9.88 Å². The first-order valence-corrected chi connectivity index (χ1v) is 11.8. The highest BCUT2D eigenvalue weighted by Gasteiger charge is 2.37. The van der Waals surface area contributed by atoms with Gasteiger partial charge in [-0.15, -0.1) is 22.7 Å². The van der Waals surface area contributed by atoms with E-state index >= 15 is 0 Å². The number of piperidine rings is 1. The molecule has 8 heteroatoms. The van der Waals surface area contributed by atoms with Gasteiger partial charge < -0.3 is 9.64 Å². The fourth-order valence-corrected chi connectivity index (χ4v) is 5.50. The van der Waals surface area contributed by atoms with Crippen LogP contribution < -0.4 is 9.64 Å². The molecular formula is C22H21N3O3S2. The lowest BCUT2D eigenvalue weighted by molar-refractivity contribution is -0.139. The Morgan fingerprint density at radius 3 is 2.67 bits per heavy atom. The van der Waals surface area contributed by atoms with Crippen molar-refractivity contribution in [2.75, 3.05) is 24.5 Å². The molecule has 154 valence electrons. The number of carbonyl (C=O) groups excluding carboxylic acids is 2. The minimum absolute atomic E-state index is 0.0421. The molecule has 1 fully saturated rings. The lowest BCUT2D eigenvalue weighted by Gasteiger charge is -2.37. The van der Waals surface area contributed by atoms with Gasteiger partial charge in [-0.1, -0.05) is 18.2 Å². The van der Waals surface area contributed by atoms with Crippen LogP contribution in [0.5, 0.6) is 5.75 Å². The zero-order valence-corrected chi connectivity index (χ0v) is 18.0. The van der Waals surface area contributed by atoms with Crippen molar-refractivity contribution in [3.8, 4) is 15.6 Å². The summed E-state index contributed by atoms with van der Waals surface area (Å²) in [4.78, 5) is 35.6. The molecule has 1 atom stereocenters. The number of carbonyl (C=O) groups is 2. The minimum Gasteiger partial charge on any atom is -0.476 e. The lowest BCUT2D eigenvalue weighted by Crippen LogP contribution is -2.52. The summed E-state index contributed by atoms with van der Waals surface area (Å²) >= 11 is 3.05. The molecule has 2 aliphatic rings. The van der Waals surface area contributed by atoms with Crippen LogP contribution in [-0.4, -0.2) is 47.4 Å². The molecule has 0 radical (unpaired) electrons. The molecular weight excluding hydrogens is 418 g/mol. The smallest absolute Gasteiger partial charge is 0.278 e. The first-order chi connectivity index (χ1) is 14.7. The number of hydrogen-bond donors (Lipinski definition) is 0. The van der Waals surface area contributed by atoms with Crippen LogP contribution in [-0.2, 0) is 4.79 Å². The Labute approximate surface area is 182 Å². The second-order valence-corrected chi connectivity index (χ2v) is 9.20. The zero-order valence-electron chi connectivity index (χ0n) is 16.3. The molecule has 30 heavy (non-hydrogen) atoms. The van der Waals surface area contributed by atoms with E-state index in [4.69, 9.17) is 4.74 Å². The highest BCUT2D eigenvalue weighted by Crippen LogP contribution is 2.35. The monoisotopic (exact) mass is 439 g/mol. The van der Waals surface area contributed by atoms with Crippen LogP contribution in [0.3, 0.4) is 0 Å². The van der Waals surface area contributed by atoms with E-state index in [1.807, 2.05) is 46.7 Å². The fraction of sp³-hybridized carbons (Fsp3) is 0.318. The van der Waals surface area contributed by atoms with Gasteiger partial charge in [0.2, 0.25) is 0 Å². The third kappa shape index (κ3) is 3.61. The molecule has 4 heterocycles. The number of nitrogens with zero attached hydrogens (tertiary/aromatic N) is 3. The van der Waals surface area contributed by atoms with Gasteiger partial charge >= 0.3 is 0 Å². The predicted molar refractivity (Wildman–Crippen MR) is 118 cm³/mol. The fourth-order valence-electron chi connectivity index (χ4n) is 3.90. The average molecular weight is 440 g/mol. The number of fused-ring (bicyclic) bond motifs is 1. The van der Waals surface area contributed by atoms with E-state index in [0.717, 1.165) is 42.2 Å². The van der Waals surface area contributed by atoms with E-state index in [9.17, 15) is 9.59 Å². The van der Waals surface area contributed by atoms with Gasteiger partial charge in [0.15, 0.2) is 6.10 Å². The van der Waals surface area contributed by atoms with Crippen molar-refractivity contribution in [2.45, 2.75) is 25.4 Å². The van der Waals surface area contributed by atoms with Gasteiger partial charge in [-0.3, -0.25) is 14.5 Å². The second kappa shape index (κ2) is 8.20. The number of benzene rings is 1. The number of ether oxygens (including phenoxy) is 1. The van der Waals surface area contributed by atoms with Crippen molar-refractivity contribution in [3.05, 3.63) is 52.9 Å². The number of hydrogen-bond acceptors (Lipinski definition) is 6. The molecule has 2 aromatic heterocycles. The molecule has 0 spiro atoms. The Bertz CT molecular complexity index is 1060. The van der Waals surface area contributed by atoms with E-state index < -0.39 is 6.10 Å². The minimum atomic E-state index is -0.697. The summed E-state index contributed by atoms with van der Waals surface area (Å²) in [5, 5.41) is 4.61. The van der Waals surface area contributed by atoms with Crippen LogP contribution in [0.2, 0.25) is 0 Å². The first-order valence-electron chi connectivity index (χ1n) is 10.1. The summed E-state index contributed by atoms with van der Waals surface area (Å²) in [7, 11) is 0. The van der Waals surface area contributed by atoms with Crippen LogP contribution >= 0.6 is 22.7 Å². The van der Waals surface area contributed by atoms with Crippen molar-refractivity contribution >= 4 is 40.2 Å². The Morgan fingerprint density at radius 2 is 1.87 bits per heavy atom. The zero-order chi connectivity index (χ0) is 20.5. The van der Waals surface area contributed by atoms with Crippen LogP contribution in [0.4, 0.5) is 5.69 Å². The van der Waals surface area contributed by atoms with Gasteiger partial charge in [0.25, 0.3) is 11.8 Å². The number of likely N-dealkylation sites (tertiary alicyclic amines) is 1. The van der Waals surface area contributed by atoms with Gasteiger partial charge in [0, 0.05) is 18.5 Å². The number of para-hydroxylation sites is 2. The maximum Gasteiger partial charge on any atom is 0.278 e. The number of thiophene rings is 1. The molecule has 6 nitrogen and oxygen atoms in total. The molecule has 0 N–H and O–H groups in total. The molecule has 2 aliphatic heterocycles. The molecule has 1 aromatic carbocycles. The molecule has 0 saturated carbocycles. The summed E-state index contributed by atoms with van der Waals surface area (Å²) in [5.41, 5.74) is 1.07. The van der Waals surface area contributed by atoms with Gasteiger partial charge in [0.05, 0.1) is 17.1 Å². The Hall–Kier alpha value is -2.71. The Kier molecular flexibility index (Phi) is 5.26. The predicted octanol–water partition coefficient (Wildman–Crippen LogP) is 4.29. The van der Waals surface area contributed by atoms with Gasteiger partial charge in [0.1, 0.15) is 16.5 Å². The average Bonchev–Trinajstić information content (AvgIpc) is 3.50. The first kappa shape index (κ1) is 19.3. The van der Waals surface area contributed by atoms with Crippen molar-refractivity contribution in [3.63, 3.8) is 0 Å². The molecule has 2 amide bonds. The quantitative estimate of drug-likeness (QED) is 0.611. The van der Waals surface area contributed by atoms with E-state index in [1.54, 1.807) is 21.6 Å². The van der Waals surface area contributed by atoms with Crippen molar-refractivity contribution < 1.29 is 14.3 Å². The van der Waals surface area contributed by atoms with E-state index in [1.165, 1.54) is 11.3 Å². The summed E-state index contributed by atoms with van der Waals surface area (Å²) in [6, 6.07) is 11.3. The highest BCUT2D eigenvalue weighted by molar-refractivity contribution is 7.20. The maximum absolute atomic E-state index is 13.4. The molecule has 5 rings (SSSR count). The summed E-state index contributed by atoms with van der Waals surface area (Å²) in [5.74, 6) is 0.307. The van der Waals surface area contributed by atoms with Gasteiger partial charge in [-0.2, -0.15) is 0 Å². The Morgan fingerprint density at radius 1 is 1.03 bits per heavy atom. The van der Waals surface area contributed by atoms with Crippen LogP contribution in [0.25, 0.3) is 9.88 Å². The van der Waals surface area contributed by atoms with E-state index in [0.29, 0.717) is 17.1 Å². The third-order valence-corrected chi connectivity index (χ3v) is 7.30. The van der Waals surface area contributed by atoms with Gasteiger partial charge in [-0.05, 0) is 42.8 Å². The normalized spacial score (nSPS) is 18.6. The summed E-state index contributed by atoms with van der Waals surface area (Å²) in [6.07, 6.45) is 2.49. The topological polar surface area (TPSA) is 62.7 Å². The second-order valence-electron chi connectivity index (χ2n) is 7.39. The summed E-state index contributed by atoms with van der Waals surface area (Å²) in [6.45, 7) is 1.70. The standard InChI is InChI=1S/C22H21N3O3S2/c26-21(15-14-30-20(23-15)19-9-6-12-29-19)25-13-18(22(27)24-10-4-1-5-11-24)28-17-8-3-2-7-16(17)25/h2-3,6-9,12,14,18H,1,4-5,10-11,13H2. The number of aromatic nitrogens is 1. The lowest BCUT2D eigenvalue weighted by atomic mass is 10.1. The summed E-state index contributed by atoms with van der Waals surface area (Å²) < 4.78 is 6.03. The van der Waals surface area contributed by atoms with Crippen LogP contribution in [0.15, 0.2) is 47.2 Å². The van der Waals surface area contributed by atoms with Crippen molar-refractivity contribution in [2.24, 2.45) is 0 Å². The number of thiazole rings is 1. The molecule has 3 aromatic rings. The molecule has 1 saturated heterocycles. The maximum atomic E-state index is 13.4. The van der Waals surface area contributed by atoms with Crippen LogP contribution in [0.1, 0.15) is 29.8 Å². The van der Waals surface area contributed by atoms with Crippen LogP contribution in [0, 0.1) is 0 Å². The van der Waals surface area contributed by atoms with Gasteiger partial charge in [-0.25, -0.2) is 4.98 Å². The van der Waals surface area contributed by atoms with E-state index in [-0.39, 0.29) is 18.4 Å². The number of anilines is 1. The number of amides is 2. The van der Waals surface area contributed by atoms with Crippen molar-refractivity contribution in [1.29, 1.82) is 0 Å². The molecule has 0 aliphatic carbocycles. The molecule has 0 bridgehead atoms.